The summed E-state index contributed by atoms with van der Waals surface area (Å²) in [4.78, 5) is 49.4. The van der Waals surface area contributed by atoms with Gasteiger partial charge in [0.1, 0.15) is 28.9 Å². The van der Waals surface area contributed by atoms with Crippen molar-refractivity contribution in [3.05, 3.63) is 69.9 Å². The van der Waals surface area contributed by atoms with Gasteiger partial charge in [0.25, 0.3) is 11.5 Å². The van der Waals surface area contributed by atoms with Gasteiger partial charge in [0.2, 0.25) is 5.91 Å². The van der Waals surface area contributed by atoms with Gasteiger partial charge in [-0.25, -0.2) is 14.4 Å². The summed E-state index contributed by atoms with van der Waals surface area (Å²) in [6.45, 7) is 7.23. The van der Waals surface area contributed by atoms with E-state index in [1.807, 2.05) is 45.0 Å². The molecule has 0 aliphatic carbocycles. The Morgan fingerprint density at radius 3 is 2.46 bits per heavy atom. The Morgan fingerprint density at radius 1 is 1.14 bits per heavy atom. The van der Waals surface area contributed by atoms with Crippen LogP contribution in [0, 0.1) is 6.92 Å². The van der Waals surface area contributed by atoms with Crippen LogP contribution in [0.2, 0.25) is 0 Å². The minimum absolute atomic E-state index is 0.0331. The fourth-order valence-corrected chi connectivity index (χ4v) is 4.42. The lowest BCUT2D eigenvalue weighted by atomic mass is 9.99. The van der Waals surface area contributed by atoms with Gasteiger partial charge in [-0.15, -0.1) is 0 Å². The summed E-state index contributed by atoms with van der Waals surface area (Å²) in [5, 5.41) is 3.32. The van der Waals surface area contributed by atoms with E-state index in [1.54, 1.807) is 17.9 Å². The first kappa shape index (κ1) is 26.0. The maximum atomic E-state index is 13.9. The molecule has 37 heavy (non-hydrogen) atoms. The molecular weight excluding hydrogens is 475 g/mol. The molecule has 10 heteroatoms. The van der Waals surface area contributed by atoms with Crippen LogP contribution in [0.5, 0.6) is 0 Å². The van der Waals surface area contributed by atoms with E-state index in [9.17, 15) is 18.8 Å². The smallest absolute Gasteiger partial charge is 0.265 e. The number of hydrogen-bond acceptors (Lipinski definition) is 5. The molecule has 5 rings (SSSR count). The first-order valence-electron chi connectivity index (χ1n) is 12.3. The van der Waals surface area contributed by atoms with E-state index in [4.69, 9.17) is 0 Å². The van der Waals surface area contributed by atoms with Crippen LogP contribution < -0.4 is 10.9 Å². The summed E-state index contributed by atoms with van der Waals surface area (Å²) in [6.07, 6.45) is 3.14. The van der Waals surface area contributed by atoms with E-state index in [-0.39, 0.29) is 37.4 Å². The van der Waals surface area contributed by atoms with Crippen molar-refractivity contribution in [2.24, 2.45) is 7.05 Å². The molecule has 1 saturated heterocycles. The average molecular weight is 507 g/mol. The highest BCUT2D eigenvalue weighted by Gasteiger charge is 2.41. The molecule has 3 aromatic heterocycles. The SMILES string of the molecule is CC.Cc1ccc(CNC(=O)c2cc3c4c(cnc3n(CC(=O)N3CC(C)(F)C3)c2=O)ncn4C)cc1. The Hall–Kier alpha value is -4.08. The predicted octanol–water partition coefficient (Wildman–Crippen LogP) is 3.12. The molecule has 2 amide bonds. The number of halogens is 1. The van der Waals surface area contributed by atoms with Crippen molar-refractivity contribution in [3.8, 4) is 0 Å². The molecule has 0 atom stereocenters. The Labute approximate surface area is 213 Å². The minimum Gasteiger partial charge on any atom is -0.348 e. The number of benzene rings is 1. The molecule has 0 bridgehead atoms. The number of carbonyl (C=O) groups is 2. The second-order valence-electron chi connectivity index (χ2n) is 9.37. The predicted molar refractivity (Wildman–Crippen MR) is 140 cm³/mol. The molecule has 0 radical (unpaired) electrons. The van der Waals surface area contributed by atoms with Crippen LogP contribution in [0.1, 0.15) is 42.3 Å². The Kier molecular flexibility index (Phi) is 7.11. The Morgan fingerprint density at radius 2 is 1.81 bits per heavy atom. The van der Waals surface area contributed by atoms with Gasteiger partial charge in [-0.2, -0.15) is 0 Å². The molecular formula is C27H31FN6O3. The van der Waals surface area contributed by atoms with E-state index in [0.29, 0.717) is 16.4 Å². The van der Waals surface area contributed by atoms with E-state index in [0.717, 1.165) is 11.1 Å². The second-order valence-corrected chi connectivity index (χ2v) is 9.37. The van der Waals surface area contributed by atoms with E-state index < -0.39 is 23.0 Å². The highest BCUT2D eigenvalue weighted by atomic mass is 19.1. The third-order valence-corrected chi connectivity index (χ3v) is 6.30. The van der Waals surface area contributed by atoms with Gasteiger partial charge in [0.05, 0.1) is 31.1 Å². The van der Waals surface area contributed by atoms with Crippen LogP contribution in [-0.2, 0) is 24.9 Å². The number of imidazole rings is 1. The zero-order valence-corrected chi connectivity index (χ0v) is 21.7. The highest BCUT2D eigenvalue weighted by Crippen LogP contribution is 2.26. The van der Waals surface area contributed by atoms with Crippen molar-refractivity contribution in [1.29, 1.82) is 0 Å². The quantitative estimate of drug-likeness (QED) is 0.448. The lowest BCUT2D eigenvalue weighted by Crippen LogP contribution is -2.60. The lowest BCUT2D eigenvalue weighted by molar-refractivity contribution is -0.144. The molecule has 9 nitrogen and oxygen atoms in total. The van der Waals surface area contributed by atoms with Gasteiger partial charge < -0.3 is 14.8 Å². The van der Waals surface area contributed by atoms with E-state index >= 15 is 0 Å². The zero-order chi connectivity index (χ0) is 26.9. The normalized spacial score (nSPS) is 14.2. The van der Waals surface area contributed by atoms with Gasteiger partial charge in [0, 0.05) is 19.0 Å². The molecule has 1 fully saturated rings. The summed E-state index contributed by atoms with van der Waals surface area (Å²) in [5.74, 6) is -0.967. The summed E-state index contributed by atoms with van der Waals surface area (Å²) < 4.78 is 16.9. The molecule has 1 aliphatic heterocycles. The number of likely N-dealkylation sites (tertiary alicyclic amines) is 1. The standard InChI is InChI=1S/C25H25FN6O3.C2H6/c1-15-4-6-16(7-5-15)9-28-23(34)18-8-17-21-19(29-14-30(21)3)10-27-22(17)32(24(18)35)11-20(33)31-12-25(2,26)13-31;1-2/h4-8,10,14H,9,11-13H2,1-3H3,(H,28,34);1-2H3. The Bertz CT molecular complexity index is 1530. The van der Waals surface area contributed by atoms with Crippen LogP contribution in [0.15, 0.2) is 47.7 Å². The molecule has 1 aliphatic rings. The topological polar surface area (TPSA) is 102 Å². The van der Waals surface area contributed by atoms with Crippen LogP contribution >= 0.6 is 0 Å². The van der Waals surface area contributed by atoms with Crippen LogP contribution in [-0.4, -0.2) is 54.6 Å². The number of carbonyl (C=O) groups excluding carboxylic acids is 2. The molecule has 4 heterocycles. The van der Waals surface area contributed by atoms with Crippen molar-refractivity contribution in [1.82, 2.24) is 29.3 Å². The van der Waals surface area contributed by atoms with Crippen molar-refractivity contribution >= 4 is 33.9 Å². The number of rotatable bonds is 5. The lowest BCUT2D eigenvalue weighted by Gasteiger charge is -2.42. The fraction of sp³-hybridized carbons (Fsp3) is 0.370. The van der Waals surface area contributed by atoms with Crippen LogP contribution in [0.4, 0.5) is 4.39 Å². The number of amides is 2. The number of fused-ring (bicyclic) bond motifs is 3. The number of nitrogens with zero attached hydrogens (tertiary/aromatic N) is 5. The summed E-state index contributed by atoms with van der Waals surface area (Å²) >= 11 is 0. The molecule has 0 spiro atoms. The number of pyridine rings is 2. The highest BCUT2D eigenvalue weighted by molar-refractivity contribution is 6.05. The van der Waals surface area contributed by atoms with Crippen LogP contribution in [0.25, 0.3) is 22.1 Å². The second kappa shape index (κ2) is 10.1. The van der Waals surface area contributed by atoms with Gasteiger partial charge in [-0.3, -0.25) is 19.0 Å². The summed E-state index contributed by atoms with van der Waals surface area (Å²) in [5.41, 5.74) is 1.37. The third-order valence-electron chi connectivity index (χ3n) is 6.30. The molecule has 0 saturated carbocycles. The first-order valence-corrected chi connectivity index (χ1v) is 12.3. The molecule has 1 aromatic carbocycles. The van der Waals surface area contributed by atoms with Gasteiger partial charge in [-0.05, 0) is 25.5 Å². The number of aryl methyl sites for hydroxylation is 2. The van der Waals surface area contributed by atoms with Crippen molar-refractivity contribution < 1.29 is 14.0 Å². The van der Waals surface area contributed by atoms with Gasteiger partial charge in [0.15, 0.2) is 0 Å². The van der Waals surface area contributed by atoms with Crippen molar-refractivity contribution in [2.45, 2.75) is 46.5 Å². The number of aromatic nitrogens is 4. The molecule has 0 unspecified atom stereocenters. The number of alkyl halides is 1. The fourth-order valence-electron chi connectivity index (χ4n) is 4.42. The van der Waals surface area contributed by atoms with E-state index in [2.05, 4.69) is 15.3 Å². The maximum absolute atomic E-state index is 13.9. The monoisotopic (exact) mass is 506 g/mol. The number of nitrogens with one attached hydrogen (secondary N) is 1. The molecule has 4 aromatic rings. The van der Waals surface area contributed by atoms with Crippen LogP contribution in [0.3, 0.4) is 0 Å². The maximum Gasteiger partial charge on any atom is 0.265 e. The first-order chi connectivity index (χ1) is 17.6. The number of hydrogen-bond donors (Lipinski definition) is 1. The molecule has 1 N–H and O–H groups in total. The van der Waals surface area contributed by atoms with Gasteiger partial charge in [-0.1, -0.05) is 43.7 Å². The largest absolute Gasteiger partial charge is 0.348 e. The van der Waals surface area contributed by atoms with Gasteiger partial charge >= 0.3 is 0 Å². The third kappa shape index (κ3) is 5.09. The van der Waals surface area contributed by atoms with Crippen molar-refractivity contribution in [3.63, 3.8) is 0 Å². The zero-order valence-electron chi connectivity index (χ0n) is 21.7. The van der Waals surface area contributed by atoms with Crippen molar-refractivity contribution in [2.75, 3.05) is 13.1 Å². The molecule has 194 valence electrons. The summed E-state index contributed by atoms with van der Waals surface area (Å²) in [6, 6.07) is 9.20. The minimum atomic E-state index is -1.43. The van der Waals surface area contributed by atoms with E-state index in [1.165, 1.54) is 28.7 Å². The Balaban J connectivity index is 0.00000156. The average Bonchev–Trinajstić information content (AvgIpc) is 3.25. The summed E-state index contributed by atoms with van der Waals surface area (Å²) in [7, 11) is 1.80.